The average molecular weight is 238 g/mol. The second-order valence-electron chi connectivity index (χ2n) is 4.04. The van der Waals surface area contributed by atoms with Crippen molar-refractivity contribution in [1.82, 2.24) is 0 Å². The van der Waals surface area contributed by atoms with Gasteiger partial charge in [0.1, 0.15) is 6.29 Å². The fraction of sp³-hybridized carbons (Fsp3) is 0.571. The molecule has 0 aromatic rings. The quantitative estimate of drug-likeness (QED) is 0.282. The van der Waals surface area contributed by atoms with Crippen LogP contribution in [0.25, 0.3) is 0 Å². The zero-order valence-corrected chi connectivity index (χ0v) is 11.0. The Balaban J connectivity index is 3.94. The van der Waals surface area contributed by atoms with Gasteiger partial charge in [0, 0.05) is 12.5 Å². The predicted octanol–water partition coefficient (Wildman–Crippen LogP) is 3.20. The monoisotopic (exact) mass is 238 g/mol. The number of rotatable bonds is 8. The van der Waals surface area contributed by atoms with Gasteiger partial charge < -0.3 is 9.53 Å². The third-order valence-electron chi connectivity index (χ3n) is 2.34. The number of hydrogen-bond acceptors (Lipinski definition) is 3. The molecule has 0 saturated carbocycles. The number of aldehydes is 1. The Morgan fingerprint density at radius 2 is 1.76 bits per heavy atom. The van der Waals surface area contributed by atoms with Gasteiger partial charge >= 0.3 is 5.97 Å². The lowest BCUT2D eigenvalue weighted by Gasteiger charge is -2.01. The van der Waals surface area contributed by atoms with Crippen LogP contribution >= 0.6 is 0 Å². The zero-order chi connectivity index (χ0) is 13.1. The fourth-order valence-corrected chi connectivity index (χ4v) is 1.39. The van der Waals surface area contributed by atoms with Crippen molar-refractivity contribution in [3.05, 3.63) is 23.3 Å². The Morgan fingerprint density at radius 3 is 2.35 bits per heavy atom. The van der Waals surface area contributed by atoms with Gasteiger partial charge in [-0.15, -0.1) is 0 Å². The second-order valence-corrected chi connectivity index (χ2v) is 4.04. The van der Waals surface area contributed by atoms with Gasteiger partial charge in [-0.3, -0.25) is 0 Å². The molecule has 0 N–H and O–H groups in total. The van der Waals surface area contributed by atoms with Gasteiger partial charge in [0.05, 0.1) is 6.61 Å². The molecule has 0 heterocycles. The number of allylic oxidation sites excluding steroid dienone is 3. The van der Waals surface area contributed by atoms with Crippen LogP contribution in [0.15, 0.2) is 23.3 Å². The van der Waals surface area contributed by atoms with Crippen molar-refractivity contribution >= 4 is 12.3 Å². The van der Waals surface area contributed by atoms with Crippen molar-refractivity contribution in [2.24, 2.45) is 0 Å². The Bertz CT molecular complexity index is 301. The Hall–Kier alpha value is -1.38. The van der Waals surface area contributed by atoms with E-state index in [1.54, 1.807) is 6.92 Å². The van der Waals surface area contributed by atoms with Crippen LogP contribution in [-0.2, 0) is 14.3 Å². The first-order valence-electron chi connectivity index (χ1n) is 6.03. The van der Waals surface area contributed by atoms with Crippen molar-refractivity contribution in [3.63, 3.8) is 0 Å². The van der Waals surface area contributed by atoms with Crippen molar-refractivity contribution in [2.45, 2.75) is 46.5 Å². The summed E-state index contributed by atoms with van der Waals surface area (Å²) < 4.78 is 4.82. The highest BCUT2D eigenvalue weighted by molar-refractivity contribution is 5.82. The minimum atomic E-state index is -0.272. The molecule has 0 aromatic heterocycles. The molecule has 0 rings (SSSR count). The van der Waals surface area contributed by atoms with Crippen LogP contribution in [0.4, 0.5) is 0 Å². The van der Waals surface area contributed by atoms with Gasteiger partial charge in [0.2, 0.25) is 0 Å². The predicted molar refractivity (Wildman–Crippen MR) is 68.7 cm³/mol. The van der Waals surface area contributed by atoms with Crippen LogP contribution in [0.5, 0.6) is 0 Å². The molecule has 0 bridgehead atoms. The second kappa shape index (κ2) is 9.82. The number of carbonyl (C=O) groups is 2. The van der Waals surface area contributed by atoms with Crippen molar-refractivity contribution in [3.8, 4) is 0 Å². The third kappa shape index (κ3) is 9.54. The topological polar surface area (TPSA) is 43.4 Å². The molecule has 0 radical (unpaired) electrons. The third-order valence-corrected chi connectivity index (χ3v) is 2.34. The Labute approximate surface area is 104 Å². The molecule has 0 aliphatic rings. The highest BCUT2D eigenvalue weighted by Crippen LogP contribution is 2.09. The first-order valence-corrected chi connectivity index (χ1v) is 6.03. The standard InChI is InChI=1S/C14H22O3/c1-4-17-14(16)11-13(3)8-5-7-12(2)9-6-10-15/h7,10-11H,4-6,8-9H2,1-3H3/b12-7+,13-11-. The van der Waals surface area contributed by atoms with Crippen molar-refractivity contribution < 1.29 is 14.3 Å². The van der Waals surface area contributed by atoms with E-state index in [-0.39, 0.29) is 5.97 Å². The first-order chi connectivity index (χ1) is 8.10. The van der Waals surface area contributed by atoms with Crippen LogP contribution < -0.4 is 0 Å². The minimum absolute atomic E-state index is 0.272. The van der Waals surface area contributed by atoms with Crippen LogP contribution in [-0.4, -0.2) is 18.9 Å². The maximum Gasteiger partial charge on any atom is 0.330 e. The summed E-state index contributed by atoms with van der Waals surface area (Å²) in [6.45, 7) is 6.15. The molecular weight excluding hydrogens is 216 g/mol. The van der Waals surface area contributed by atoms with E-state index in [0.29, 0.717) is 13.0 Å². The summed E-state index contributed by atoms with van der Waals surface area (Å²) >= 11 is 0. The van der Waals surface area contributed by atoms with E-state index in [9.17, 15) is 9.59 Å². The summed E-state index contributed by atoms with van der Waals surface area (Å²) in [5, 5.41) is 0. The average Bonchev–Trinajstić information content (AvgIpc) is 2.26. The maximum atomic E-state index is 11.1. The molecule has 0 unspecified atom stereocenters. The summed E-state index contributed by atoms with van der Waals surface area (Å²) in [5.41, 5.74) is 2.24. The molecule has 0 fully saturated rings. The number of carbonyl (C=O) groups excluding carboxylic acids is 2. The highest BCUT2D eigenvalue weighted by atomic mass is 16.5. The molecule has 0 aromatic carbocycles. The molecule has 0 aliphatic carbocycles. The molecule has 0 spiro atoms. The largest absolute Gasteiger partial charge is 0.463 e. The Morgan fingerprint density at radius 1 is 1.12 bits per heavy atom. The zero-order valence-electron chi connectivity index (χ0n) is 11.0. The maximum absolute atomic E-state index is 11.1. The van der Waals surface area contributed by atoms with Gasteiger partial charge in [0.15, 0.2) is 0 Å². The number of esters is 1. The lowest BCUT2D eigenvalue weighted by molar-refractivity contribution is -0.137. The van der Waals surface area contributed by atoms with E-state index >= 15 is 0 Å². The lowest BCUT2D eigenvalue weighted by Crippen LogP contribution is -2.00. The summed E-state index contributed by atoms with van der Waals surface area (Å²) in [6.07, 6.45) is 7.74. The van der Waals surface area contributed by atoms with Gasteiger partial charge in [-0.05, 0) is 40.0 Å². The molecule has 3 heteroatoms. The van der Waals surface area contributed by atoms with Crippen LogP contribution in [0.2, 0.25) is 0 Å². The van der Waals surface area contributed by atoms with Gasteiger partial charge in [0.25, 0.3) is 0 Å². The number of hydrogen-bond donors (Lipinski definition) is 0. The van der Waals surface area contributed by atoms with E-state index in [0.717, 1.165) is 31.1 Å². The molecule has 0 amide bonds. The lowest BCUT2D eigenvalue weighted by atomic mass is 10.1. The van der Waals surface area contributed by atoms with Gasteiger partial charge in [-0.2, -0.15) is 0 Å². The number of ether oxygens (including phenoxy) is 1. The fourth-order valence-electron chi connectivity index (χ4n) is 1.39. The van der Waals surface area contributed by atoms with Crippen LogP contribution in [0.3, 0.4) is 0 Å². The smallest absolute Gasteiger partial charge is 0.330 e. The summed E-state index contributed by atoms with van der Waals surface area (Å²) in [7, 11) is 0. The normalized spacial score (nSPS) is 12.4. The van der Waals surface area contributed by atoms with E-state index in [1.165, 1.54) is 11.6 Å². The SMILES string of the molecule is CCOC(=O)/C=C(/C)CC/C=C(\C)CCC=O. The summed E-state index contributed by atoms with van der Waals surface area (Å²) in [5.74, 6) is -0.272. The van der Waals surface area contributed by atoms with Gasteiger partial charge in [-0.25, -0.2) is 4.79 Å². The molecule has 0 saturated heterocycles. The highest BCUT2D eigenvalue weighted by Gasteiger charge is 1.97. The van der Waals surface area contributed by atoms with Crippen LogP contribution in [0, 0.1) is 0 Å². The summed E-state index contributed by atoms with van der Waals surface area (Å²) in [4.78, 5) is 21.3. The Kier molecular flexibility index (Phi) is 9.02. The van der Waals surface area contributed by atoms with Gasteiger partial charge in [-0.1, -0.05) is 17.2 Å². The first kappa shape index (κ1) is 15.6. The molecule has 17 heavy (non-hydrogen) atoms. The molecule has 0 aliphatic heterocycles. The van der Waals surface area contributed by atoms with E-state index < -0.39 is 0 Å². The van der Waals surface area contributed by atoms with Crippen LogP contribution in [0.1, 0.15) is 46.5 Å². The molecule has 0 atom stereocenters. The van der Waals surface area contributed by atoms with E-state index in [1.807, 2.05) is 13.8 Å². The molecule has 96 valence electrons. The molecular formula is C14H22O3. The van der Waals surface area contributed by atoms with Crippen molar-refractivity contribution in [1.29, 1.82) is 0 Å². The van der Waals surface area contributed by atoms with E-state index in [4.69, 9.17) is 4.74 Å². The van der Waals surface area contributed by atoms with Crippen molar-refractivity contribution in [2.75, 3.05) is 6.61 Å². The van der Waals surface area contributed by atoms with E-state index in [2.05, 4.69) is 6.08 Å². The molecule has 3 nitrogen and oxygen atoms in total. The summed E-state index contributed by atoms with van der Waals surface area (Å²) in [6, 6.07) is 0. The minimum Gasteiger partial charge on any atom is -0.463 e.